The van der Waals surface area contributed by atoms with Crippen LogP contribution in [-0.2, 0) is 6.42 Å². The lowest BCUT2D eigenvalue weighted by atomic mass is 10.1. The molecule has 59 valence electrons. The smallest absolute Gasteiger partial charge is 0.119 e. The van der Waals surface area contributed by atoms with Crippen LogP contribution in [0.4, 0.5) is 0 Å². The van der Waals surface area contributed by atoms with Crippen molar-refractivity contribution in [2.45, 2.75) is 6.42 Å². The van der Waals surface area contributed by atoms with Crippen molar-refractivity contribution in [1.82, 2.24) is 0 Å². The van der Waals surface area contributed by atoms with E-state index in [9.17, 15) is 0 Å². The van der Waals surface area contributed by atoms with Gasteiger partial charge in [0, 0.05) is 0 Å². The van der Waals surface area contributed by atoms with Crippen LogP contribution in [0.5, 0.6) is 5.75 Å². The lowest BCUT2D eigenvalue weighted by Gasteiger charge is -2.01. The molecule has 0 saturated heterocycles. The Morgan fingerprint density at radius 2 is 2.45 bits per heavy atom. The van der Waals surface area contributed by atoms with E-state index in [0.717, 1.165) is 17.7 Å². The van der Waals surface area contributed by atoms with Gasteiger partial charge in [0.05, 0.1) is 7.11 Å². The highest BCUT2D eigenvalue weighted by Gasteiger charge is 1.93. The fourth-order valence-electron chi connectivity index (χ4n) is 0.919. The number of benzene rings is 1. The molecular weight excluding hydrogens is 138 g/mol. The first-order valence-corrected chi connectivity index (χ1v) is 3.61. The second-order valence-electron chi connectivity index (χ2n) is 2.29. The molecule has 0 bridgehead atoms. The largest absolute Gasteiger partial charge is 0.497 e. The van der Waals surface area contributed by atoms with E-state index in [1.165, 1.54) is 0 Å². The number of ether oxygens (including phenoxy) is 1. The second-order valence-corrected chi connectivity index (χ2v) is 2.29. The molecule has 0 amide bonds. The minimum Gasteiger partial charge on any atom is -0.497 e. The third-order valence-corrected chi connectivity index (χ3v) is 1.48. The van der Waals surface area contributed by atoms with Gasteiger partial charge in [-0.3, -0.25) is 0 Å². The average molecular weight is 150 g/mol. The number of hydrogen-bond acceptors (Lipinski definition) is 2. The summed E-state index contributed by atoms with van der Waals surface area (Å²) in [6, 6.07) is 8.76. The molecule has 1 aromatic rings. The molecule has 0 aliphatic rings. The van der Waals surface area contributed by atoms with Crippen molar-refractivity contribution < 1.29 is 4.74 Å². The monoisotopic (exact) mass is 150 g/mol. The van der Waals surface area contributed by atoms with Crippen LogP contribution in [0.3, 0.4) is 0 Å². The van der Waals surface area contributed by atoms with Crippen LogP contribution in [-0.4, -0.2) is 13.7 Å². The Bertz CT molecular complexity index is 223. The third kappa shape index (κ3) is 2.24. The highest BCUT2D eigenvalue weighted by molar-refractivity contribution is 5.27. The van der Waals surface area contributed by atoms with Crippen LogP contribution < -0.4 is 10.5 Å². The van der Waals surface area contributed by atoms with Gasteiger partial charge in [-0.1, -0.05) is 6.07 Å². The van der Waals surface area contributed by atoms with Crippen LogP contribution in [0.25, 0.3) is 0 Å². The Hall–Kier alpha value is -1.02. The molecule has 0 aromatic heterocycles. The van der Waals surface area contributed by atoms with Gasteiger partial charge >= 0.3 is 0 Å². The van der Waals surface area contributed by atoms with Crippen molar-refractivity contribution in [3.8, 4) is 5.75 Å². The molecule has 2 heteroatoms. The van der Waals surface area contributed by atoms with Gasteiger partial charge < -0.3 is 10.5 Å². The van der Waals surface area contributed by atoms with Crippen LogP contribution in [0, 0.1) is 6.07 Å². The Balaban J connectivity index is 2.74. The van der Waals surface area contributed by atoms with Crippen LogP contribution in [0.15, 0.2) is 18.2 Å². The maximum absolute atomic E-state index is 5.39. The summed E-state index contributed by atoms with van der Waals surface area (Å²) in [5, 5.41) is 0. The topological polar surface area (TPSA) is 35.2 Å². The van der Waals surface area contributed by atoms with Gasteiger partial charge in [-0.2, -0.15) is 0 Å². The van der Waals surface area contributed by atoms with E-state index >= 15 is 0 Å². The van der Waals surface area contributed by atoms with E-state index < -0.39 is 0 Å². The standard InChI is InChI=1S/C9H12NO/c1-11-9-4-2-3-8(7-9)5-6-10/h2,4,7H,5-6,10H2,1H3. The van der Waals surface area contributed by atoms with Crippen molar-refractivity contribution in [3.63, 3.8) is 0 Å². The molecule has 1 radical (unpaired) electrons. The summed E-state index contributed by atoms with van der Waals surface area (Å²) in [6.07, 6.45) is 0.858. The lowest BCUT2D eigenvalue weighted by molar-refractivity contribution is 0.414. The average Bonchev–Trinajstić information content (AvgIpc) is 2.06. The first-order chi connectivity index (χ1) is 5.36. The van der Waals surface area contributed by atoms with Crippen LogP contribution in [0.1, 0.15) is 5.56 Å². The zero-order valence-electron chi connectivity index (χ0n) is 6.63. The molecule has 2 nitrogen and oxygen atoms in total. The summed E-state index contributed by atoms with van der Waals surface area (Å²) < 4.78 is 5.04. The summed E-state index contributed by atoms with van der Waals surface area (Å²) in [7, 11) is 1.65. The fraction of sp³-hybridized carbons (Fsp3) is 0.333. The summed E-state index contributed by atoms with van der Waals surface area (Å²) in [5.41, 5.74) is 6.49. The van der Waals surface area contributed by atoms with Crippen molar-refractivity contribution in [2.24, 2.45) is 5.73 Å². The minimum atomic E-state index is 0.656. The van der Waals surface area contributed by atoms with Crippen molar-refractivity contribution in [2.75, 3.05) is 13.7 Å². The molecule has 0 saturated carbocycles. The quantitative estimate of drug-likeness (QED) is 0.697. The molecule has 0 heterocycles. The Labute approximate surface area is 67.0 Å². The summed E-state index contributed by atoms with van der Waals surface area (Å²) in [4.78, 5) is 0. The van der Waals surface area contributed by atoms with Gasteiger partial charge in [-0.15, -0.1) is 0 Å². The number of hydrogen-bond donors (Lipinski definition) is 1. The van der Waals surface area contributed by atoms with E-state index in [2.05, 4.69) is 6.07 Å². The van der Waals surface area contributed by atoms with Crippen molar-refractivity contribution in [3.05, 3.63) is 29.8 Å². The summed E-state index contributed by atoms with van der Waals surface area (Å²) in [5.74, 6) is 0.868. The number of rotatable bonds is 3. The maximum Gasteiger partial charge on any atom is 0.119 e. The van der Waals surface area contributed by atoms with Gasteiger partial charge in [-0.05, 0) is 36.7 Å². The highest BCUT2D eigenvalue weighted by atomic mass is 16.5. The molecule has 0 aliphatic carbocycles. The molecule has 0 atom stereocenters. The SMILES string of the molecule is COc1cc[c]c(CCN)c1. The normalized spacial score (nSPS) is 9.64. The van der Waals surface area contributed by atoms with E-state index in [1.54, 1.807) is 7.11 Å². The molecular formula is C9H12NO. The first-order valence-electron chi connectivity index (χ1n) is 3.61. The van der Waals surface area contributed by atoms with Gasteiger partial charge in [0.2, 0.25) is 0 Å². The molecule has 11 heavy (non-hydrogen) atoms. The molecule has 1 rings (SSSR count). The Morgan fingerprint density at radius 3 is 3.09 bits per heavy atom. The zero-order chi connectivity index (χ0) is 8.10. The summed E-state index contributed by atoms with van der Waals surface area (Å²) in [6.45, 7) is 0.656. The van der Waals surface area contributed by atoms with E-state index in [4.69, 9.17) is 10.5 Å². The third-order valence-electron chi connectivity index (χ3n) is 1.48. The molecule has 0 unspecified atom stereocenters. The first kappa shape index (κ1) is 8.08. The summed E-state index contributed by atoms with van der Waals surface area (Å²) >= 11 is 0. The molecule has 2 N–H and O–H groups in total. The zero-order valence-corrected chi connectivity index (χ0v) is 6.63. The van der Waals surface area contributed by atoms with Crippen molar-refractivity contribution in [1.29, 1.82) is 0 Å². The molecule has 0 aliphatic heterocycles. The van der Waals surface area contributed by atoms with E-state index in [0.29, 0.717) is 6.54 Å². The van der Waals surface area contributed by atoms with Gasteiger partial charge in [0.1, 0.15) is 5.75 Å². The Kier molecular flexibility index (Phi) is 2.93. The van der Waals surface area contributed by atoms with E-state index in [1.807, 2.05) is 18.2 Å². The van der Waals surface area contributed by atoms with Gasteiger partial charge in [0.15, 0.2) is 0 Å². The highest BCUT2D eigenvalue weighted by Crippen LogP contribution is 2.11. The predicted octanol–water partition coefficient (Wildman–Crippen LogP) is 0.997. The molecule has 0 spiro atoms. The number of methoxy groups -OCH3 is 1. The number of nitrogens with two attached hydrogens (primary N) is 1. The van der Waals surface area contributed by atoms with Crippen molar-refractivity contribution >= 4 is 0 Å². The maximum atomic E-state index is 5.39. The second kappa shape index (κ2) is 3.98. The molecule has 0 fully saturated rings. The fourth-order valence-corrected chi connectivity index (χ4v) is 0.919. The van der Waals surface area contributed by atoms with Gasteiger partial charge in [0.25, 0.3) is 0 Å². The lowest BCUT2D eigenvalue weighted by Crippen LogP contribution is -2.02. The predicted molar refractivity (Wildman–Crippen MR) is 44.6 cm³/mol. The minimum absolute atomic E-state index is 0.656. The van der Waals surface area contributed by atoms with E-state index in [-0.39, 0.29) is 0 Å². The Morgan fingerprint density at radius 1 is 1.64 bits per heavy atom. The van der Waals surface area contributed by atoms with Gasteiger partial charge in [-0.25, -0.2) is 0 Å². The van der Waals surface area contributed by atoms with Crippen LogP contribution in [0.2, 0.25) is 0 Å². The molecule has 1 aromatic carbocycles. The van der Waals surface area contributed by atoms with Crippen LogP contribution >= 0.6 is 0 Å².